The van der Waals surface area contributed by atoms with Gasteiger partial charge in [-0.15, -0.1) is 0 Å². The summed E-state index contributed by atoms with van der Waals surface area (Å²) in [6.45, 7) is 0.242. The largest absolute Gasteiger partial charge is 0.394 e. The number of epoxide rings is 1. The van der Waals surface area contributed by atoms with Gasteiger partial charge in [0.1, 0.15) is 6.10 Å². The lowest BCUT2D eigenvalue weighted by atomic mass is 9.48. The van der Waals surface area contributed by atoms with Crippen LogP contribution in [0.3, 0.4) is 0 Å². The summed E-state index contributed by atoms with van der Waals surface area (Å²) in [5.74, 6) is 3.00. The predicted octanol–water partition coefficient (Wildman–Crippen LogP) is 1.96. The summed E-state index contributed by atoms with van der Waals surface area (Å²) >= 11 is 0. The van der Waals surface area contributed by atoms with Crippen LogP contribution in [0, 0.1) is 23.2 Å². The third kappa shape index (κ3) is 1.18. The van der Waals surface area contributed by atoms with E-state index in [9.17, 15) is 0 Å². The molecule has 15 heavy (non-hydrogen) atoms. The zero-order valence-electron chi connectivity index (χ0n) is 9.19. The number of aliphatic hydroxyl groups excluding tert-OH is 1. The summed E-state index contributed by atoms with van der Waals surface area (Å²) in [7, 11) is 0. The molecule has 0 radical (unpaired) electrons. The normalized spacial score (nSPS) is 61.0. The van der Waals surface area contributed by atoms with E-state index < -0.39 is 0 Å². The van der Waals surface area contributed by atoms with Crippen LogP contribution in [0.2, 0.25) is 0 Å². The van der Waals surface area contributed by atoms with E-state index in [1.165, 1.54) is 38.5 Å². The standard InChI is InChI=1S/C13H20O2/c14-7-11-12(15-11)13-4-8-1-9(5-13)3-10(2-8)6-13/h8-12,14H,1-7H2. The smallest absolute Gasteiger partial charge is 0.108 e. The van der Waals surface area contributed by atoms with Crippen LogP contribution in [0.5, 0.6) is 0 Å². The number of hydrogen-bond acceptors (Lipinski definition) is 2. The number of aliphatic hydroxyl groups is 1. The van der Waals surface area contributed by atoms with E-state index >= 15 is 0 Å². The molecule has 4 aliphatic carbocycles. The van der Waals surface area contributed by atoms with Crippen LogP contribution in [-0.4, -0.2) is 23.9 Å². The molecular formula is C13H20O2. The molecule has 1 aliphatic heterocycles. The third-order valence-electron chi connectivity index (χ3n) is 5.45. The zero-order chi connectivity index (χ0) is 10.0. The topological polar surface area (TPSA) is 32.8 Å². The molecule has 0 aromatic carbocycles. The van der Waals surface area contributed by atoms with Crippen molar-refractivity contribution in [1.29, 1.82) is 0 Å². The second-order valence-electron chi connectivity index (χ2n) is 6.56. The molecule has 1 N–H and O–H groups in total. The maximum Gasteiger partial charge on any atom is 0.108 e. The molecule has 0 aromatic rings. The van der Waals surface area contributed by atoms with Crippen LogP contribution in [-0.2, 0) is 4.74 Å². The molecule has 4 bridgehead atoms. The summed E-state index contributed by atoms with van der Waals surface area (Å²) < 4.78 is 5.70. The van der Waals surface area contributed by atoms with Crippen molar-refractivity contribution in [3.05, 3.63) is 0 Å². The molecule has 2 unspecified atom stereocenters. The lowest BCUT2D eigenvalue weighted by Crippen LogP contribution is -2.49. The van der Waals surface area contributed by atoms with E-state index in [0.717, 1.165) is 17.8 Å². The molecule has 2 nitrogen and oxygen atoms in total. The minimum atomic E-state index is 0.196. The van der Waals surface area contributed by atoms with Crippen LogP contribution >= 0.6 is 0 Å². The van der Waals surface area contributed by atoms with Crippen LogP contribution < -0.4 is 0 Å². The van der Waals surface area contributed by atoms with E-state index in [-0.39, 0.29) is 12.7 Å². The minimum absolute atomic E-state index is 0.196. The maximum absolute atomic E-state index is 9.15. The molecule has 5 aliphatic rings. The van der Waals surface area contributed by atoms with E-state index in [2.05, 4.69) is 0 Å². The minimum Gasteiger partial charge on any atom is -0.394 e. The van der Waals surface area contributed by atoms with Crippen LogP contribution in [0.1, 0.15) is 38.5 Å². The second-order valence-corrected chi connectivity index (χ2v) is 6.56. The third-order valence-corrected chi connectivity index (χ3v) is 5.45. The summed E-state index contributed by atoms with van der Waals surface area (Å²) in [4.78, 5) is 0. The summed E-state index contributed by atoms with van der Waals surface area (Å²) in [5.41, 5.74) is 0.502. The molecule has 0 amide bonds. The van der Waals surface area contributed by atoms with Crippen LogP contribution in [0.4, 0.5) is 0 Å². The molecule has 2 heteroatoms. The molecule has 1 heterocycles. The van der Waals surface area contributed by atoms with Crippen molar-refractivity contribution < 1.29 is 9.84 Å². The fraction of sp³-hybridized carbons (Fsp3) is 1.00. The molecule has 1 saturated heterocycles. The van der Waals surface area contributed by atoms with Crippen molar-refractivity contribution in [2.24, 2.45) is 23.2 Å². The van der Waals surface area contributed by atoms with Crippen LogP contribution in [0.25, 0.3) is 0 Å². The molecule has 2 atom stereocenters. The average molecular weight is 208 g/mol. The van der Waals surface area contributed by atoms with E-state index in [1.807, 2.05) is 0 Å². The quantitative estimate of drug-likeness (QED) is 0.704. The Balaban J connectivity index is 1.61. The summed E-state index contributed by atoms with van der Waals surface area (Å²) in [6, 6.07) is 0. The van der Waals surface area contributed by atoms with Gasteiger partial charge in [0.05, 0.1) is 12.7 Å². The first-order valence-corrected chi connectivity index (χ1v) is 6.55. The number of ether oxygens (including phenoxy) is 1. The second kappa shape index (κ2) is 2.78. The zero-order valence-corrected chi connectivity index (χ0v) is 9.19. The lowest BCUT2D eigenvalue weighted by Gasteiger charge is -2.56. The SMILES string of the molecule is OCC1OC1C12CC3CC(CC(C3)C1)C2. The number of rotatable bonds is 2. The van der Waals surface area contributed by atoms with Gasteiger partial charge < -0.3 is 9.84 Å². The van der Waals surface area contributed by atoms with Crippen molar-refractivity contribution in [3.63, 3.8) is 0 Å². The van der Waals surface area contributed by atoms with Gasteiger partial charge in [0, 0.05) is 5.41 Å². The molecule has 0 spiro atoms. The maximum atomic E-state index is 9.15. The van der Waals surface area contributed by atoms with E-state index in [4.69, 9.17) is 9.84 Å². The van der Waals surface area contributed by atoms with Gasteiger partial charge in [-0.2, -0.15) is 0 Å². The van der Waals surface area contributed by atoms with Gasteiger partial charge >= 0.3 is 0 Å². The average Bonchev–Trinajstić information content (AvgIpc) is 2.94. The highest BCUT2D eigenvalue weighted by Gasteiger charge is 2.61. The van der Waals surface area contributed by atoms with E-state index in [1.54, 1.807) is 0 Å². The van der Waals surface area contributed by atoms with Gasteiger partial charge in [-0.1, -0.05) is 0 Å². The Kier molecular flexibility index (Phi) is 1.67. The molecule has 0 aromatic heterocycles. The number of hydrogen-bond donors (Lipinski definition) is 1. The predicted molar refractivity (Wildman–Crippen MR) is 56.4 cm³/mol. The molecule has 84 valence electrons. The van der Waals surface area contributed by atoms with Crippen molar-refractivity contribution in [2.75, 3.05) is 6.61 Å². The summed E-state index contributed by atoms with van der Waals surface area (Å²) in [6.07, 6.45) is 9.32. The first-order valence-electron chi connectivity index (χ1n) is 6.55. The highest BCUT2D eigenvalue weighted by Crippen LogP contribution is 2.64. The summed E-state index contributed by atoms with van der Waals surface area (Å²) in [5, 5.41) is 9.15. The molecule has 5 fully saturated rings. The monoisotopic (exact) mass is 208 g/mol. The molecular weight excluding hydrogens is 188 g/mol. The molecule has 5 rings (SSSR count). The Morgan fingerprint density at radius 2 is 1.53 bits per heavy atom. The Hall–Kier alpha value is -0.0800. The van der Waals surface area contributed by atoms with Gasteiger partial charge in [0.25, 0.3) is 0 Å². The van der Waals surface area contributed by atoms with Crippen molar-refractivity contribution in [3.8, 4) is 0 Å². The highest BCUT2D eigenvalue weighted by atomic mass is 16.6. The van der Waals surface area contributed by atoms with Crippen molar-refractivity contribution in [2.45, 2.75) is 50.7 Å². The highest BCUT2D eigenvalue weighted by molar-refractivity contribution is 5.10. The van der Waals surface area contributed by atoms with Gasteiger partial charge in [-0.25, -0.2) is 0 Å². The Labute approximate surface area is 91.0 Å². The Morgan fingerprint density at radius 1 is 1.00 bits per heavy atom. The first kappa shape index (κ1) is 9.00. The van der Waals surface area contributed by atoms with Crippen LogP contribution in [0.15, 0.2) is 0 Å². The van der Waals surface area contributed by atoms with Crippen molar-refractivity contribution >= 4 is 0 Å². The Bertz CT molecular complexity index is 251. The fourth-order valence-electron chi connectivity index (χ4n) is 5.35. The fourth-order valence-corrected chi connectivity index (χ4v) is 5.35. The van der Waals surface area contributed by atoms with Gasteiger partial charge in [0.2, 0.25) is 0 Å². The Morgan fingerprint density at radius 3 is 1.93 bits per heavy atom. The van der Waals surface area contributed by atoms with Crippen molar-refractivity contribution in [1.82, 2.24) is 0 Å². The lowest BCUT2D eigenvalue weighted by molar-refractivity contribution is -0.0670. The van der Waals surface area contributed by atoms with E-state index in [0.29, 0.717) is 11.5 Å². The van der Waals surface area contributed by atoms with Gasteiger partial charge in [-0.3, -0.25) is 0 Å². The molecule has 4 saturated carbocycles. The first-order chi connectivity index (χ1) is 7.29. The van der Waals surface area contributed by atoms with Gasteiger partial charge in [0.15, 0.2) is 0 Å². The van der Waals surface area contributed by atoms with Gasteiger partial charge in [-0.05, 0) is 56.3 Å².